The number of carbonyl (C=O) groups excluding carboxylic acids is 2. The number of nitrogens with zero attached hydrogens (tertiary/aromatic N) is 3. The molecule has 28 heavy (non-hydrogen) atoms. The molecule has 154 valence electrons. The third kappa shape index (κ3) is 5.44. The Morgan fingerprint density at radius 2 is 1.89 bits per heavy atom. The summed E-state index contributed by atoms with van der Waals surface area (Å²) in [6.45, 7) is 6.50. The van der Waals surface area contributed by atoms with Gasteiger partial charge in [0.2, 0.25) is 5.91 Å². The second-order valence-electron chi connectivity index (χ2n) is 7.77. The van der Waals surface area contributed by atoms with Crippen LogP contribution in [0.2, 0.25) is 0 Å². The van der Waals surface area contributed by atoms with Crippen LogP contribution in [0, 0.1) is 5.82 Å². The van der Waals surface area contributed by atoms with E-state index in [1.54, 1.807) is 30.0 Å². The lowest BCUT2D eigenvalue weighted by Crippen LogP contribution is -2.53. The monoisotopic (exact) mass is 390 g/mol. The van der Waals surface area contributed by atoms with Gasteiger partial charge in [-0.05, 0) is 50.9 Å². The number of anilines is 1. The summed E-state index contributed by atoms with van der Waals surface area (Å²) in [6, 6.07) is 5.86. The van der Waals surface area contributed by atoms with Crippen molar-refractivity contribution in [3.63, 3.8) is 0 Å². The predicted octanol–water partition coefficient (Wildman–Crippen LogP) is 3.16. The van der Waals surface area contributed by atoms with Gasteiger partial charge in [0.05, 0.1) is 5.69 Å². The summed E-state index contributed by atoms with van der Waals surface area (Å²) in [4.78, 5) is 30.9. The first kappa shape index (κ1) is 20.6. The van der Waals surface area contributed by atoms with Crippen LogP contribution < -0.4 is 5.32 Å². The molecule has 1 atom stereocenters. The number of rotatable bonds is 5. The first-order chi connectivity index (χ1) is 13.5. The van der Waals surface area contributed by atoms with E-state index < -0.39 is 5.82 Å². The molecule has 0 aromatic heterocycles. The minimum atomic E-state index is -0.448. The van der Waals surface area contributed by atoms with Gasteiger partial charge in [-0.1, -0.05) is 18.6 Å². The van der Waals surface area contributed by atoms with Crippen LogP contribution in [-0.4, -0.2) is 71.9 Å². The highest BCUT2D eigenvalue weighted by Crippen LogP contribution is 2.19. The van der Waals surface area contributed by atoms with Crippen LogP contribution in [-0.2, 0) is 4.79 Å². The van der Waals surface area contributed by atoms with E-state index in [0.29, 0.717) is 19.6 Å². The molecule has 2 aliphatic heterocycles. The van der Waals surface area contributed by atoms with Gasteiger partial charge in [-0.3, -0.25) is 4.79 Å². The summed E-state index contributed by atoms with van der Waals surface area (Å²) in [5.74, 6) is -0.394. The molecule has 1 aromatic carbocycles. The topological polar surface area (TPSA) is 55.9 Å². The standard InChI is InChI=1S/C21H31FN4O2/c1-17(27)26(15-14-24-11-5-2-6-12-24)18-8-7-13-25(16-18)21(28)23-20-10-4-3-9-19(20)22/h3-4,9-10,18H,2,5-8,11-16H2,1H3,(H,23,28). The molecule has 7 heteroatoms. The van der Waals surface area contributed by atoms with Crippen molar-refractivity contribution in [1.29, 1.82) is 0 Å². The maximum Gasteiger partial charge on any atom is 0.321 e. The highest BCUT2D eigenvalue weighted by atomic mass is 19.1. The van der Waals surface area contributed by atoms with Crippen molar-refractivity contribution in [3.05, 3.63) is 30.1 Å². The first-order valence-corrected chi connectivity index (χ1v) is 10.3. The molecule has 3 amide bonds. The van der Waals surface area contributed by atoms with Gasteiger partial charge in [0.15, 0.2) is 0 Å². The van der Waals surface area contributed by atoms with Crippen molar-refractivity contribution in [2.75, 3.05) is 44.6 Å². The number of benzene rings is 1. The van der Waals surface area contributed by atoms with Crippen LogP contribution >= 0.6 is 0 Å². The smallest absolute Gasteiger partial charge is 0.321 e. The van der Waals surface area contributed by atoms with E-state index >= 15 is 0 Å². The van der Waals surface area contributed by atoms with Crippen LogP contribution in [0.1, 0.15) is 39.0 Å². The first-order valence-electron chi connectivity index (χ1n) is 10.3. The average Bonchev–Trinajstić information content (AvgIpc) is 2.70. The molecule has 0 spiro atoms. The number of hydrogen-bond acceptors (Lipinski definition) is 3. The van der Waals surface area contributed by atoms with Gasteiger partial charge in [-0.2, -0.15) is 0 Å². The van der Waals surface area contributed by atoms with E-state index in [1.165, 1.54) is 25.3 Å². The van der Waals surface area contributed by atoms with Gasteiger partial charge >= 0.3 is 6.03 Å². The van der Waals surface area contributed by atoms with Crippen LogP contribution in [0.15, 0.2) is 24.3 Å². The minimum absolute atomic E-state index is 0.0161. The molecule has 6 nitrogen and oxygen atoms in total. The lowest BCUT2D eigenvalue weighted by Gasteiger charge is -2.40. The van der Waals surface area contributed by atoms with Crippen LogP contribution in [0.25, 0.3) is 0 Å². The molecule has 2 aliphatic rings. The fourth-order valence-corrected chi connectivity index (χ4v) is 4.18. The number of urea groups is 1. The maximum absolute atomic E-state index is 13.8. The lowest BCUT2D eigenvalue weighted by molar-refractivity contribution is -0.132. The number of para-hydroxylation sites is 1. The zero-order valence-electron chi connectivity index (χ0n) is 16.7. The highest BCUT2D eigenvalue weighted by Gasteiger charge is 2.29. The van der Waals surface area contributed by atoms with Crippen molar-refractivity contribution >= 4 is 17.6 Å². The summed E-state index contributed by atoms with van der Waals surface area (Å²) in [5, 5.41) is 2.65. The zero-order valence-corrected chi connectivity index (χ0v) is 16.7. The largest absolute Gasteiger partial charge is 0.337 e. The molecule has 0 aliphatic carbocycles. The number of amides is 3. The highest BCUT2D eigenvalue weighted by molar-refractivity contribution is 5.89. The molecule has 1 aromatic rings. The summed E-state index contributed by atoms with van der Waals surface area (Å²) >= 11 is 0. The minimum Gasteiger partial charge on any atom is -0.337 e. The molecule has 0 bridgehead atoms. The second kappa shape index (κ2) is 9.87. The molecule has 2 heterocycles. The zero-order chi connectivity index (χ0) is 19.9. The van der Waals surface area contributed by atoms with E-state index in [4.69, 9.17) is 0 Å². The molecule has 3 rings (SSSR count). The van der Waals surface area contributed by atoms with Crippen molar-refractivity contribution in [2.24, 2.45) is 0 Å². The number of piperidine rings is 2. The second-order valence-corrected chi connectivity index (χ2v) is 7.77. The van der Waals surface area contributed by atoms with E-state index in [9.17, 15) is 14.0 Å². The number of carbonyl (C=O) groups is 2. The molecule has 1 unspecified atom stereocenters. The fraction of sp³-hybridized carbons (Fsp3) is 0.619. The van der Waals surface area contributed by atoms with Crippen LogP contribution in [0.3, 0.4) is 0 Å². The van der Waals surface area contributed by atoms with Crippen molar-refractivity contribution < 1.29 is 14.0 Å². The summed E-state index contributed by atoms with van der Waals surface area (Å²) in [6.07, 6.45) is 5.48. The Balaban J connectivity index is 1.57. The Bertz CT molecular complexity index is 678. The molecular weight excluding hydrogens is 359 g/mol. The molecule has 1 N–H and O–H groups in total. The van der Waals surface area contributed by atoms with Gasteiger partial charge in [0.25, 0.3) is 0 Å². The molecule has 0 saturated carbocycles. The normalized spacial score (nSPS) is 20.6. The Labute approximate surface area is 166 Å². The van der Waals surface area contributed by atoms with Gasteiger partial charge < -0.3 is 20.0 Å². The fourth-order valence-electron chi connectivity index (χ4n) is 4.18. The lowest BCUT2D eigenvalue weighted by atomic mass is 10.0. The summed E-state index contributed by atoms with van der Waals surface area (Å²) in [5.41, 5.74) is 0.183. The Morgan fingerprint density at radius 3 is 2.61 bits per heavy atom. The van der Waals surface area contributed by atoms with E-state index in [2.05, 4.69) is 10.2 Å². The molecule has 2 fully saturated rings. The van der Waals surface area contributed by atoms with Crippen molar-refractivity contribution in [3.8, 4) is 0 Å². The Kier molecular flexibility index (Phi) is 7.25. The Morgan fingerprint density at radius 1 is 1.14 bits per heavy atom. The van der Waals surface area contributed by atoms with E-state index in [1.807, 2.05) is 4.90 Å². The van der Waals surface area contributed by atoms with Gasteiger partial charge in [-0.15, -0.1) is 0 Å². The van der Waals surface area contributed by atoms with Gasteiger partial charge in [0.1, 0.15) is 5.82 Å². The van der Waals surface area contributed by atoms with Crippen LogP contribution in [0.4, 0.5) is 14.9 Å². The quantitative estimate of drug-likeness (QED) is 0.840. The summed E-state index contributed by atoms with van der Waals surface area (Å²) in [7, 11) is 0. The Hall–Kier alpha value is -2.15. The predicted molar refractivity (Wildman–Crippen MR) is 108 cm³/mol. The van der Waals surface area contributed by atoms with E-state index in [-0.39, 0.29) is 23.7 Å². The van der Waals surface area contributed by atoms with Crippen molar-refractivity contribution in [1.82, 2.24) is 14.7 Å². The van der Waals surface area contributed by atoms with Gasteiger partial charge in [0, 0.05) is 39.1 Å². The maximum atomic E-state index is 13.8. The average molecular weight is 391 g/mol. The third-order valence-corrected chi connectivity index (χ3v) is 5.75. The molecular formula is C21H31FN4O2. The SMILES string of the molecule is CC(=O)N(CCN1CCCCC1)C1CCCN(C(=O)Nc2ccccc2F)C1. The van der Waals surface area contributed by atoms with Gasteiger partial charge in [-0.25, -0.2) is 9.18 Å². The number of hydrogen-bond donors (Lipinski definition) is 1. The number of halogens is 1. The van der Waals surface area contributed by atoms with E-state index in [0.717, 1.165) is 32.5 Å². The van der Waals surface area contributed by atoms with Crippen LogP contribution in [0.5, 0.6) is 0 Å². The van der Waals surface area contributed by atoms with Crippen molar-refractivity contribution in [2.45, 2.75) is 45.1 Å². The third-order valence-electron chi connectivity index (χ3n) is 5.75. The number of nitrogens with one attached hydrogen (secondary N) is 1. The molecule has 0 radical (unpaired) electrons. The summed E-state index contributed by atoms with van der Waals surface area (Å²) < 4.78 is 13.8. The number of likely N-dealkylation sites (tertiary alicyclic amines) is 2. The molecule has 2 saturated heterocycles.